The molecule has 1 aliphatic heterocycles. The molecule has 1 unspecified atom stereocenters. The average molecular weight is 314 g/mol. The van der Waals surface area contributed by atoms with Gasteiger partial charge in [-0.05, 0) is 38.0 Å². The zero-order chi connectivity index (χ0) is 15.8. The van der Waals surface area contributed by atoms with Crippen LogP contribution >= 0.6 is 0 Å². The van der Waals surface area contributed by atoms with Gasteiger partial charge < -0.3 is 10.0 Å². The fourth-order valence-corrected chi connectivity index (χ4v) is 3.22. The van der Waals surface area contributed by atoms with Crippen molar-refractivity contribution in [2.45, 2.75) is 50.2 Å². The van der Waals surface area contributed by atoms with E-state index < -0.39 is 17.4 Å². The fraction of sp³-hybridized carbons (Fsp3) is 0.786. The van der Waals surface area contributed by atoms with E-state index in [0.717, 1.165) is 6.42 Å². The number of halogens is 2. The van der Waals surface area contributed by atoms with Crippen LogP contribution in [-0.4, -0.2) is 55.5 Å². The largest absolute Gasteiger partial charge is 0.383 e. The van der Waals surface area contributed by atoms with Crippen molar-refractivity contribution in [3.63, 3.8) is 0 Å². The van der Waals surface area contributed by atoms with Crippen molar-refractivity contribution in [1.29, 1.82) is 0 Å². The molecular formula is C14H20F2N4O2. The first kappa shape index (κ1) is 15.3. The van der Waals surface area contributed by atoms with Gasteiger partial charge in [-0.25, -0.2) is 0 Å². The van der Waals surface area contributed by atoms with Gasteiger partial charge in [-0.3, -0.25) is 9.48 Å². The van der Waals surface area contributed by atoms with Crippen LogP contribution in [0.1, 0.15) is 32.1 Å². The number of aromatic nitrogens is 3. The number of aliphatic hydroxyl groups is 1. The Kier molecular flexibility index (Phi) is 3.88. The van der Waals surface area contributed by atoms with Crippen LogP contribution in [0.4, 0.5) is 8.78 Å². The highest BCUT2D eigenvalue weighted by molar-refractivity contribution is 5.85. The normalized spacial score (nSPS) is 24.9. The van der Waals surface area contributed by atoms with E-state index in [-0.39, 0.29) is 25.3 Å². The second kappa shape index (κ2) is 5.57. The molecule has 1 aliphatic carbocycles. The lowest BCUT2D eigenvalue weighted by Crippen LogP contribution is -2.62. The molecule has 1 saturated carbocycles. The van der Waals surface area contributed by atoms with Gasteiger partial charge in [-0.1, -0.05) is 5.21 Å². The molecule has 0 spiro atoms. The topological polar surface area (TPSA) is 71.2 Å². The van der Waals surface area contributed by atoms with Gasteiger partial charge in [0.1, 0.15) is 5.60 Å². The zero-order valence-electron chi connectivity index (χ0n) is 12.3. The third-order valence-corrected chi connectivity index (χ3v) is 4.76. The van der Waals surface area contributed by atoms with Gasteiger partial charge in [-0.15, -0.1) is 5.10 Å². The van der Waals surface area contributed by atoms with E-state index in [1.807, 2.05) is 0 Å². The van der Waals surface area contributed by atoms with Crippen molar-refractivity contribution in [1.82, 2.24) is 19.9 Å². The van der Waals surface area contributed by atoms with Crippen molar-refractivity contribution >= 4 is 5.91 Å². The maximum Gasteiger partial charge on any atom is 0.352 e. The summed E-state index contributed by atoms with van der Waals surface area (Å²) in [5.74, 6) is -4.86. The Morgan fingerprint density at radius 2 is 2.18 bits per heavy atom. The van der Waals surface area contributed by atoms with Crippen molar-refractivity contribution in [3.05, 3.63) is 12.4 Å². The lowest BCUT2D eigenvalue weighted by Gasteiger charge is -2.44. The number of alkyl halides is 2. The standard InChI is InChI=1S/C14H20F2N4O2/c15-14(16,13(22)4-2-5-13)12(21)19-7-1-3-11(9-19)10-20-8-6-17-18-20/h6,8,11,22H,1-5,7,9-10H2. The Bertz CT molecular complexity index is 531. The first-order valence-electron chi connectivity index (χ1n) is 7.66. The molecule has 8 heteroatoms. The maximum atomic E-state index is 14.3. The van der Waals surface area contributed by atoms with Gasteiger partial charge >= 0.3 is 5.92 Å². The number of piperidine rings is 1. The summed E-state index contributed by atoms with van der Waals surface area (Å²) in [4.78, 5) is 13.4. The summed E-state index contributed by atoms with van der Waals surface area (Å²) in [7, 11) is 0. The van der Waals surface area contributed by atoms with Gasteiger partial charge in [-0.2, -0.15) is 8.78 Å². The predicted molar refractivity (Wildman–Crippen MR) is 73.1 cm³/mol. The van der Waals surface area contributed by atoms with Crippen LogP contribution in [0.5, 0.6) is 0 Å². The molecule has 1 atom stereocenters. The Morgan fingerprint density at radius 1 is 1.41 bits per heavy atom. The summed E-state index contributed by atoms with van der Waals surface area (Å²) in [5.41, 5.74) is -2.15. The molecule has 0 radical (unpaired) electrons. The minimum Gasteiger partial charge on any atom is -0.383 e. The van der Waals surface area contributed by atoms with Gasteiger partial charge in [0.05, 0.1) is 6.20 Å². The zero-order valence-corrected chi connectivity index (χ0v) is 12.3. The first-order chi connectivity index (χ1) is 10.4. The highest BCUT2D eigenvalue weighted by atomic mass is 19.3. The van der Waals surface area contributed by atoms with E-state index in [1.54, 1.807) is 17.1 Å². The summed E-state index contributed by atoms with van der Waals surface area (Å²) >= 11 is 0. The van der Waals surface area contributed by atoms with Crippen LogP contribution in [0.2, 0.25) is 0 Å². The van der Waals surface area contributed by atoms with Gasteiger partial charge in [0.25, 0.3) is 5.91 Å². The minimum atomic E-state index is -3.69. The molecule has 2 fully saturated rings. The molecule has 1 N–H and O–H groups in total. The van der Waals surface area contributed by atoms with E-state index in [2.05, 4.69) is 10.3 Å². The van der Waals surface area contributed by atoms with Crippen LogP contribution in [0.3, 0.4) is 0 Å². The molecule has 22 heavy (non-hydrogen) atoms. The Labute approximate surface area is 127 Å². The molecule has 0 aromatic carbocycles. The Balaban J connectivity index is 1.65. The predicted octanol–water partition coefficient (Wildman–Crippen LogP) is 1.07. The number of rotatable bonds is 4. The Morgan fingerprint density at radius 3 is 2.77 bits per heavy atom. The highest BCUT2D eigenvalue weighted by Crippen LogP contribution is 2.45. The number of carbonyl (C=O) groups is 1. The molecule has 122 valence electrons. The second-order valence-corrected chi connectivity index (χ2v) is 6.34. The van der Waals surface area contributed by atoms with E-state index in [4.69, 9.17) is 0 Å². The number of nitrogens with zero attached hydrogens (tertiary/aromatic N) is 4. The van der Waals surface area contributed by atoms with Crippen molar-refractivity contribution in [2.75, 3.05) is 13.1 Å². The smallest absolute Gasteiger partial charge is 0.352 e. The molecule has 2 heterocycles. The summed E-state index contributed by atoms with van der Waals surface area (Å²) in [6.07, 6.45) is 5.33. The summed E-state index contributed by atoms with van der Waals surface area (Å²) < 4.78 is 30.2. The van der Waals surface area contributed by atoms with E-state index in [9.17, 15) is 18.7 Å². The molecule has 1 amide bonds. The number of hydrogen-bond acceptors (Lipinski definition) is 4. The summed E-state index contributed by atoms with van der Waals surface area (Å²) in [6.45, 7) is 1.14. The molecule has 1 saturated heterocycles. The number of amides is 1. The molecule has 1 aromatic heterocycles. The van der Waals surface area contributed by atoms with Crippen molar-refractivity contribution in [2.24, 2.45) is 5.92 Å². The van der Waals surface area contributed by atoms with Gasteiger partial charge in [0, 0.05) is 25.8 Å². The third-order valence-electron chi connectivity index (χ3n) is 4.76. The third kappa shape index (κ3) is 2.60. The SMILES string of the molecule is O=C(N1CCCC(Cn2ccnn2)C1)C(F)(F)C1(O)CCC1. The minimum absolute atomic E-state index is 0.0119. The van der Waals surface area contributed by atoms with E-state index in [0.29, 0.717) is 25.9 Å². The first-order valence-corrected chi connectivity index (χ1v) is 7.66. The average Bonchev–Trinajstić information content (AvgIpc) is 2.97. The molecule has 6 nitrogen and oxygen atoms in total. The second-order valence-electron chi connectivity index (χ2n) is 6.34. The lowest BCUT2D eigenvalue weighted by atomic mass is 9.74. The number of likely N-dealkylation sites (tertiary alicyclic amines) is 1. The molecular weight excluding hydrogens is 294 g/mol. The monoisotopic (exact) mass is 314 g/mol. The quantitative estimate of drug-likeness (QED) is 0.902. The highest BCUT2D eigenvalue weighted by Gasteiger charge is 2.62. The fourth-order valence-electron chi connectivity index (χ4n) is 3.22. The van der Waals surface area contributed by atoms with Gasteiger partial charge in [0.15, 0.2) is 0 Å². The van der Waals surface area contributed by atoms with Crippen LogP contribution in [0.15, 0.2) is 12.4 Å². The molecule has 2 aliphatic rings. The van der Waals surface area contributed by atoms with Crippen LogP contribution in [0.25, 0.3) is 0 Å². The van der Waals surface area contributed by atoms with Crippen LogP contribution < -0.4 is 0 Å². The Hall–Kier alpha value is -1.57. The summed E-state index contributed by atoms with van der Waals surface area (Å²) in [6, 6.07) is 0. The molecule has 1 aromatic rings. The number of carbonyl (C=O) groups excluding carboxylic acids is 1. The van der Waals surface area contributed by atoms with Crippen molar-refractivity contribution < 1.29 is 18.7 Å². The molecule has 3 rings (SSSR count). The van der Waals surface area contributed by atoms with E-state index in [1.165, 1.54) is 4.90 Å². The maximum absolute atomic E-state index is 14.3. The van der Waals surface area contributed by atoms with Gasteiger partial charge in [0.2, 0.25) is 0 Å². The lowest BCUT2D eigenvalue weighted by molar-refractivity contribution is -0.224. The summed E-state index contributed by atoms with van der Waals surface area (Å²) in [5, 5.41) is 17.5. The van der Waals surface area contributed by atoms with Crippen molar-refractivity contribution in [3.8, 4) is 0 Å². The number of hydrogen-bond donors (Lipinski definition) is 1. The van der Waals surface area contributed by atoms with E-state index >= 15 is 0 Å². The molecule has 0 bridgehead atoms. The van der Waals surface area contributed by atoms with Crippen LogP contribution in [-0.2, 0) is 11.3 Å². The van der Waals surface area contributed by atoms with Crippen LogP contribution in [0, 0.1) is 5.92 Å².